The molecule has 5 nitrogen and oxygen atoms in total. The highest BCUT2D eigenvalue weighted by Crippen LogP contribution is 2.27. The second-order valence-corrected chi connectivity index (χ2v) is 5.65. The van der Waals surface area contributed by atoms with Gasteiger partial charge in [-0.2, -0.15) is 5.10 Å². The Morgan fingerprint density at radius 1 is 1.24 bits per heavy atom. The summed E-state index contributed by atoms with van der Waals surface area (Å²) < 4.78 is 1.86. The highest BCUT2D eigenvalue weighted by Gasteiger charge is 2.26. The van der Waals surface area contributed by atoms with E-state index in [0.717, 1.165) is 31.6 Å². The van der Waals surface area contributed by atoms with Crippen LogP contribution in [0.5, 0.6) is 0 Å². The number of hydrogen-bond donors (Lipinski definition) is 1. The fourth-order valence-electron chi connectivity index (χ4n) is 3.10. The van der Waals surface area contributed by atoms with Gasteiger partial charge in [0.1, 0.15) is 12.7 Å². The Labute approximate surface area is 125 Å². The Bertz CT molecular complexity index is 528. The number of aliphatic hydroxyl groups excluding tert-OH is 1. The third kappa shape index (κ3) is 3.68. The van der Waals surface area contributed by atoms with Crippen LogP contribution in [0.1, 0.15) is 30.9 Å². The van der Waals surface area contributed by atoms with Crippen molar-refractivity contribution < 1.29 is 5.11 Å². The molecular weight excluding hydrogens is 264 g/mol. The van der Waals surface area contributed by atoms with Crippen LogP contribution in [0.4, 0.5) is 0 Å². The van der Waals surface area contributed by atoms with Gasteiger partial charge in [-0.25, -0.2) is 4.98 Å². The fourth-order valence-corrected chi connectivity index (χ4v) is 3.10. The van der Waals surface area contributed by atoms with Gasteiger partial charge in [-0.1, -0.05) is 30.3 Å². The number of benzene rings is 1. The summed E-state index contributed by atoms with van der Waals surface area (Å²) >= 11 is 0. The van der Waals surface area contributed by atoms with Crippen LogP contribution < -0.4 is 0 Å². The van der Waals surface area contributed by atoms with Gasteiger partial charge >= 0.3 is 0 Å². The molecule has 21 heavy (non-hydrogen) atoms. The molecule has 1 aromatic heterocycles. The Morgan fingerprint density at radius 3 is 2.86 bits per heavy atom. The molecule has 3 rings (SSSR count). The Balaban J connectivity index is 1.54. The molecule has 0 radical (unpaired) electrons. The number of hydrogen-bond acceptors (Lipinski definition) is 4. The lowest BCUT2D eigenvalue weighted by molar-refractivity contribution is 0.118. The summed E-state index contributed by atoms with van der Waals surface area (Å²) in [7, 11) is 0. The summed E-state index contributed by atoms with van der Waals surface area (Å²) in [4.78, 5) is 6.43. The first-order valence-corrected chi connectivity index (χ1v) is 7.62. The largest absolute Gasteiger partial charge is 0.388 e. The van der Waals surface area contributed by atoms with E-state index in [-0.39, 0.29) is 6.10 Å². The highest BCUT2D eigenvalue weighted by atomic mass is 16.3. The summed E-state index contributed by atoms with van der Waals surface area (Å²) in [6.45, 7) is 2.94. The van der Waals surface area contributed by atoms with E-state index in [0.29, 0.717) is 6.04 Å². The van der Waals surface area contributed by atoms with E-state index < -0.39 is 0 Å². The highest BCUT2D eigenvalue weighted by molar-refractivity contribution is 5.17. The third-order valence-electron chi connectivity index (χ3n) is 4.26. The fraction of sp³-hybridized carbons (Fsp3) is 0.500. The molecule has 2 atom stereocenters. The Morgan fingerprint density at radius 2 is 2.10 bits per heavy atom. The molecule has 1 fully saturated rings. The van der Waals surface area contributed by atoms with Gasteiger partial charge < -0.3 is 5.11 Å². The molecule has 1 aromatic carbocycles. The van der Waals surface area contributed by atoms with Crippen LogP contribution in [0.2, 0.25) is 0 Å². The molecule has 1 aliphatic heterocycles. The molecule has 1 saturated heterocycles. The van der Waals surface area contributed by atoms with Gasteiger partial charge in [0.05, 0.1) is 12.6 Å². The lowest BCUT2D eigenvalue weighted by Crippen LogP contribution is -2.33. The maximum absolute atomic E-state index is 10.4. The molecule has 0 bridgehead atoms. The van der Waals surface area contributed by atoms with Gasteiger partial charge in [0, 0.05) is 12.6 Å². The van der Waals surface area contributed by atoms with Crippen LogP contribution in [-0.4, -0.2) is 43.9 Å². The first-order valence-electron chi connectivity index (χ1n) is 7.62. The van der Waals surface area contributed by atoms with E-state index in [9.17, 15) is 5.11 Å². The first kappa shape index (κ1) is 14.2. The minimum Gasteiger partial charge on any atom is -0.388 e. The van der Waals surface area contributed by atoms with Crippen LogP contribution in [0.3, 0.4) is 0 Å². The van der Waals surface area contributed by atoms with E-state index in [1.807, 2.05) is 35.0 Å². The zero-order valence-corrected chi connectivity index (χ0v) is 12.2. The molecule has 112 valence electrons. The van der Waals surface area contributed by atoms with Crippen molar-refractivity contribution in [1.29, 1.82) is 0 Å². The van der Waals surface area contributed by atoms with Crippen LogP contribution in [0.25, 0.3) is 0 Å². The minimum absolute atomic E-state index is 0.372. The van der Waals surface area contributed by atoms with Crippen molar-refractivity contribution >= 4 is 0 Å². The average molecular weight is 286 g/mol. The molecule has 1 N–H and O–H groups in total. The van der Waals surface area contributed by atoms with Gasteiger partial charge in [0.25, 0.3) is 0 Å². The number of rotatable bonds is 6. The normalized spacial score (nSPS) is 20.7. The van der Waals surface area contributed by atoms with Gasteiger partial charge in [-0.3, -0.25) is 9.58 Å². The van der Waals surface area contributed by atoms with Crippen molar-refractivity contribution in [3.8, 4) is 0 Å². The average Bonchev–Trinajstić information content (AvgIpc) is 3.17. The van der Waals surface area contributed by atoms with E-state index in [2.05, 4.69) is 15.0 Å². The van der Waals surface area contributed by atoms with Crippen molar-refractivity contribution in [2.45, 2.75) is 38.0 Å². The van der Waals surface area contributed by atoms with E-state index in [1.165, 1.54) is 12.8 Å². The number of nitrogens with zero attached hydrogens (tertiary/aromatic N) is 4. The van der Waals surface area contributed by atoms with Crippen LogP contribution in [0.15, 0.2) is 43.0 Å². The molecule has 1 aliphatic rings. The zero-order chi connectivity index (χ0) is 14.5. The summed E-state index contributed by atoms with van der Waals surface area (Å²) in [5, 5.41) is 14.5. The Kier molecular flexibility index (Phi) is 4.62. The van der Waals surface area contributed by atoms with Gasteiger partial charge in [0.15, 0.2) is 0 Å². The van der Waals surface area contributed by atoms with E-state index in [4.69, 9.17) is 0 Å². The quantitative estimate of drug-likeness (QED) is 0.881. The van der Waals surface area contributed by atoms with Crippen molar-refractivity contribution in [1.82, 2.24) is 19.7 Å². The maximum Gasteiger partial charge on any atom is 0.137 e. The predicted molar refractivity (Wildman–Crippen MR) is 80.6 cm³/mol. The second kappa shape index (κ2) is 6.83. The van der Waals surface area contributed by atoms with Crippen molar-refractivity contribution in [3.05, 3.63) is 48.5 Å². The lowest BCUT2D eigenvalue weighted by atomic mass is 10.0. The molecule has 0 unspecified atom stereocenters. The first-order chi connectivity index (χ1) is 10.3. The van der Waals surface area contributed by atoms with Gasteiger partial charge in [-0.05, 0) is 31.4 Å². The van der Waals surface area contributed by atoms with Crippen LogP contribution >= 0.6 is 0 Å². The molecule has 2 aromatic rings. The Hall–Kier alpha value is -1.72. The molecule has 0 amide bonds. The molecule has 0 aliphatic carbocycles. The molecule has 5 heteroatoms. The number of aromatic nitrogens is 3. The standard InChI is InChI=1S/C16H22N4O/c21-16(14-5-2-1-3-6-14)11-15-7-4-8-19(15)9-10-20-13-17-12-18-20/h1-3,5-6,12-13,15-16,21H,4,7-11H2/t15-,16-/m0/s1. The van der Waals surface area contributed by atoms with Gasteiger partial charge in [-0.15, -0.1) is 0 Å². The molecule has 0 spiro atoms. The molecular formula is C16H22N4O. The van der Waals surface area contributed by atoms with Crippen molar-refractivity contribution in [2.75, 3.05) is 13.1 Å². The van der Waals surface area contributed by atoms with Crippen molar-refractivity contribution in [2.24, 2.45) is 0 Å². The number of likely N-dealkylation sites (tertiary alicyclic amines) is 1. The zero-order valence-electron chi connectivity index (χ0n) is 12.2. The van der Waals surface area contributed by atoms with E-state index in [1.54, 1.807) is 12.7 Å². The SMILES string of the molecule is O[C@@H](C[C@@H]1CCCN1CCn1cncn1)c1ccccc1. The second-order valence-electron chi connectivity index (χ2n) is 5.65. The summed E-state index contributed by atoms with van der Waals surface area (Å²) in [5.41, 5.74) is 1.01. The molecule has 2 heterocycles. The van der Waals surface area contributed by atoms with E-state index >= 15 is 0 Å². The monoisotopic (exact) mass is 286 g/mol. The predicted octanol–water partition coefficient (Wildman–Crippen LogP) is 1.87. The minimum atomic E-state index is -0.372. The van der Waals surface area contributed by atoms with Gasteiger partial charge in [0.2, 0.25) is 0 Å². The topological polar surface area (TPSA) is 54.2 Å². The van der Waals surface area contributed by atoms with Crippen LogP contribution in [-0.2, 0) is 6.54 Å². The lowest BCUT2D eigenvalue weighted by Gasteiger charge is -2.26. The van der Waals surface area contributed by atoms with Crippen LogP contribution in [0, 0.1) is 0 Å². The number of aliphatic hydroxyl groups is 1. The third-order valence-corrected chi connectivity index (χ3v) is 4.26. The maximum atomic E-state index is 10.4. The summed E-state index contributed by atoms with van der Waals surface area (Å²) in [6.07, 6.45) is 6.14. The molecule has 0 saturated carbocycles. The summed E-state index contributed by atoms with van der Waals surface area (Å²) in [6, 6.07) is 10.4. The smallest absolute Gasteiger partial charge is 0.137 e. The summed E-state index contributed by atoms with van der Waals surface area (Å²) in [5.74, 6) is 0. The van der Waals surface area contributed by atoms with Crippen molar-refractivity contribution in [3.63, 3.8) is 0 Å².